The van der Waals surface area contributed by atoms with Crippen molar-refractivity contribution in [2.75, 3.05) is 5.32 Å². The fraction of sp³-hybridized carbons (Fsp3) is 0.235. The van der Waals surface area contributed by atoms with E-state index in [1.165, 1.54) is 0 Å². The minimum atomic E-state index is 0.419. The molecule has 0 aliphatic heterocycles. The standard InChI is InChI=1S/C17H18N4OS/c1-11(2)23-16-15(12(3)22-21-16)14-9-10-18-17(20-14)19-13-7-5-4-6-8-13/h4-11H,1-3H3,(H,18,19,20). The number of aromatic nitrogens is 3. The number of para-hydroxylation sites is 1. The first-order chi connectivity index (χ1) is 11.1. The minimum Gasteiger partial charge on any atom is -0.360 e. The summed E-state index contributed by atoms with van der Waals surface area (Å²) < 4.78 is 5.36. The molecule has 1 N–H and O–H groups in total. The van der Waals surface area contributed by atoms with Gasteiger partial charge in [-0.05, 0) is 25.1 Å². The third-order valence-corrected chi connectivity index (χ3v) is 4.09. The van der Waals surface area contributed by atoms with Crippen molar-refractivity contribution in [1.29, 1.82) is 0 Å². The largest absolute Gasteiger partial charge is 0.360 e. The van der Waals surface area contributed by atoms with Crippen LogP contribution < -0.4 is 5.32 Å². The van der Waals surface area contributed by atoms with E-state index in [0.717, 1.165) is 27.7 Å². The number of hydrogen-bond donors (Lipinski definition) is 1. The van der Waals surface area contributed by atoms with E-state index in [1.54, 1.807) is 18.0 Å². The summed E-state index contributed by atoms with van der Waals surface area (Å²) in [6, 6.07) is 11.7. The molecule has 0 saturated heterocycles. The lowest BCUT2D eigenvalue weighted by Gasteiger charge is -2.07. The molecule has 5 nitrogen and oxygen atoms in total. The van der Waals surface area contributed by atoms with Crippen molar-refractivity contribution in [3.8, 4) is 11.3 Å². The molecule has 3 rings (SSSR count). The normalized spacial score (nSPS) is 11.0. The monoisotopic (exact) mass is 326 g/mol. The van der Waals surface area contributed by atoms with Crippen LogP contribution in [0, 0.1) is 6.92 Å². The minimum absolute atomic E-state index is 0.419. The van der Waals surface area contributed by atoms with Crippen molar-refractivity contribution in [2.24, 2.45) is 0 Å². The van der Waals surface area contributed by atoms with Gasteiger partial charge in [-0.15, -0.1) is 0 Å². The fourth-order valence-electron chi connectivity index (χ4n) is 2.15. The number of aryl methyl sites for hydroxylation is 1. The zero-order chi connectivity index (χ0) is 16.2. The van der Waals surface area contributed by atoms with Gasteiger partial charge in [0.2, 0.25) is 5.95 Å². The van der Waals surface area contributed by atoms with Gasteiger partial charge in [-0.3, -0.25) is 0 Å². The Hall–Kier alpha value is -2.34. The van der Waals surface area contributed by atoms with Crippen LogP contribution in [-0.4, -0.2) is 20.4 Å². The summed E-state index contributed by atoms with van der Waals surface area (Å²) in [7, 11) is 0. The predicted octanol–water partition coefficient (Wildman–Crippen LogP) is 4.68. The molecule has 1 aromatic carbocycles. The van der Waals surface area contributed by atoms with Gasteiger partial charge in [0.1, 0.15) is 10.8 Å². The summed E-state index contributed by atoms with van der Waals surface area (Å²) in [6.45, 7) is 6.15. The van der Waals surface area contributed by atoms with Crippen LogP contribution in [0.4, 0.5) is 11.6 Å². The molecule has 0 radical (unpaired) electrons. The summed E-state index contributed by atoms with van der Waals surface area (Å²) >= 11 is 1.66. The van der Waals surface area contributed by atoms with Gasteiger partial charge in [0, 0.05) is 17.1 Å². The molecule has 0 spiro atoms. The SMILES string of the molecule is Cc1onc(SC(C)C)c1-c1ccnc(Nc2ccccc2)n1. The molecule has 0 aliphatic carbocycles. The van der Waals surface area contributed by atoms with E-state index < -0.39 is 0 Å². The molecule has 0 atom stereocenters. The molecule has 0 unspecified atom stereocenters. The number of thioether (sulfide) groups is 1. The maximum Gasteiger partial charge on any atom is 0.227 e. The Bertz CT molecular complexity index is 786. The highest BCUT2D eigenvalue weighted by atomic mass is 32.2. The van der Waals surface area contributed by atoms with E-state index in [1.807, 2.05) is 43.3 Å². The zero-order valence-electron chi connectivity index (χ0n) is 13.3. The van der Waals surface area contributed by atoms with Crippen LogP contribution in [0.2, 0.25) is 0 Å². The van der Waals surface area contributed by atoms with Gasteiger partial charge in [0.25, 0.3) is 0 Å². The number of anilines is 2. The predicted molar refractivity (Wildman–Crippen MR) is 93.0 cm³/mol. The molecule has 118 valence electrons. The highest BCUT2D eigenvalue weighted by Crippen LogP contribution is 2.34. The maximum atomic E-state index is 5.36. The van der Waals surface area contributed by atoms with Gasteiger partial charge < -0.3 is 9.84 Å². The summed E-state index contributed by atoms with van der Waals surface area (Å²) in [5, 5.41) is 8.64. The Morgan fingerprint density at radius 2 is 1.91 bits per heavy atom. The Morgan fingerprint density at radius 3 is 2.65 bits per heavy atom. The van der Waals surface area contributed by atoms with Crippen molar-refractivity contribution in [1.82, 2.24) is 15.1 Å². The van der Waals surface area contributed by atoms with Crippen LogP contribution >= 0.6 is 11.8 Å². The molecule has 0 aliphatic rings. The third kappa shape index (κ3) is 3.71. The molecule has 0 saturated carbocycles. The van der Waals surface area contributed by atoms with Crippen molar-refractivity contribution < 1.29 is 4.52 Å². The number of hydrogen-bond acceptors (Lipinski definition) is 6. The molecular formula is C17H18N4OS. The molecule has 3 aromatic rings. The Balaban J connectivity index is 1.92. The van der Waals surface area contributed by atoms with Gasteiger partial charge in [0.05, 0.1) is 11.3 Å². The fourth-order valence-corrected chi connectivity index (χ4v) is 3.05. The second-order valence-electron chi connectivity index (χ2n) is 5.34. The lowest BCUT2D eigenvalue weighted by Crippen LogP contribution is -1.98. The molecule has 0 fully saturated rings. The summed E-state index contributed by atoms with van der Waals surface area (Å²) in [4.78, 5) is 8.89. The van der Waals surface area contributed by atoms with Crippen LogP contribution in [0.3, 0.4) is 0 Å². The average molecular weight is 326 g/mol. The molecule has 6 heteroatoms. The van der Waals surface area contributed by atoms with Gasteiger partial charge in [0.15, 0.2) is 0 Å². The van der Waals surface area contributed by atoms with Crippen LogP contribution in [0.5, 0.6) is 0 Å². The first kappa shape index (κ1) is 15.6. The Morgan fingerprint density at radius 1 is 1.13 bits per heavy atom. The quantitative estimate of drug-likeness (QED) is 0.687. The smallest absolute Gasteiger partial charge is 0.227 e. The van der Waals surface area contributed by atoms with Crippen molar-refractivity contribution in [3.63, 3.8) is 0 Å². The molecule has 2 aromatic heterocycles. The average Bonchev–Trinajstić information content (AvgIpc) is 2.88. The van der Waals surface area contributed by atoms with Gasteiger partial charge in [-0.25, -0.2) is 9.97 Å². The van der Waals surface area contributed by atoms with Crippen LogP contribution in [0.1, 0.15) is 19.6 Å². The Kier molecular flexibility index (Phi) is 4.62. The lowest BCUT2D eigenvalue weighted by atomic mass is 10.2. The van der Waals surface area contributed by atoms with E-state index in [9.17, 15) is 0 Å². The first-order valence-electron chi connectivity index (χ1n) is 7.42. The molecule has 23 heavy (non-hydrogen) atoms. The molecule has 0 amide bonds. The molecular weight excluding hydrogens is 308 g/mol. The van der Waals surface area contributed by atoms with Crippen molar-refractivity contribution >= 4 is 23.4 Å². The van der Waals surface area contributed by atoms with Crippen LogP contribution in [-0.2, 0) is 0 Å². The van der Waals surface area contributed by atoms with E-state index >= 15 is 0 Å². The highest BCUT2D eigenvalue weighted by Gasteiger charge is 2.18. The highest BCUT2D eigenvalue weighted by molar-refractivity contribution is 7.99. The molecule has 2 heterocycles. The van der Waals surface area contributed by atoms with Gasteiger partial charge in [-0.1, -0.05) is 49.0 Å². The topological polar surface area (TPSA) is 63.8 Å². The van der Waals surface area contributed by atoms with E-state index in [-0.39, 0.29) is 0 Å². The van der Waals surface area contributed by atoms with Gasteiger partial charge in [-0.2, -0.15) is 0 Å². The van der Waals surface area contributed by atoms with E-state index in [4.69, 9.17) is 4.52 Å². The summed E-state index contributed by atoms with van der Waals surface area (Å²) in [5.41, 5.74) is 2.69. The van der Waals surface area contributed by atoms with Crippen LogP contribution in [0.15, 0.2) is 52.1 Å². The van der Waals surface area contributed by atoms with Gasteiger partial charge >= 0.3 is 0 Å². The third-order valence-electron chi connectivity index (χ3n) is 3.12. The maximum absolute atomic E-state index is 5.36. The number of benzene rings is 1. The molecule has 0 bridgehead atoms. The number of nitrogens with zero attached hydrogens (tertiary/aromatic N) is 3. The number of rotatable bonds is 5. The summed E-state index contributed by atoms with van der Waals surface area (Å²) in [5.74, 6) is 1.31. The number of nitrogens with one attached hydrogen (secondary N) is 1. The lowest BCUT2D eigenvalue weighted by molar-refractivity contribution is 0.383. The Labute approximate surface area is 139 Å². The van der Waals surface area contributed by atoms with Crippen molar-refractivity contribution in [3.05, 3.63) is 48.4 Å². The van der Waals surface area contributed by atoms with E-state index in [0.29, 0.717) is 11.2 Å². The van der Waals surface area contributed by atoms with E-state index in [2.05, 4.69) is 34.3 Å². The zero-order valence-corrected chi connectivity index (χ0v) is 14.1. The second-order valence-corrected chi connectivity index (χ2v) is 6.91. The second kappa shape index (κ2) is 6.83. The summed E-state index contributed by atoms with van der Waals surface area (Å²) in [6.07, 6.45) is 1.74. The van der Waals surface area contributed by atoms with Crippen molar-refractivity contribution in [2.45, 2.75) is 31.0 Å². The van der Waals surface area contributed by atoms with Crippen LogP contribution in [0.25, 0.3) is 11.3 Å². The first-order valence-corrected chi connectivity index (χ1v) is 8.30.